The van der Waals surface area contributed by atoms with Gasteiger partial charge in [-0.15, -0.1) is 11.3 Å². The molecule has 0 saturated heterocycles. The average Bonchev–Trinajstić information content (AvgIpc) is 3.18. The molecule has 34 heavy (non-hydrogen) atoms. The molecule has 1 aromatic heterocycles. The second-order valence-corrected chi connectivity index (χ2v) is 8.88. The van der Waals surface area contributed by atoms with Crippen LogP contribution in [0.25, 0.3) is 0 Å². The van der Waals surface area contributed by atoms with Crippen molar-refractivity contribution in [3.8, 4) is 5.75 Å². The van der Waals surface area contributed by atoms with Crippen molar-refractivity contribution in [1.82, 2.24) is 4.90 Å². The highest BCUT2D eigenvalue weighted by Gasteiger charge is 2.23. The Balaban J connectivity index is 1.44. The van der Waals surface area contributed by atoms with Gasteiger partial charge in [0.15, 0.2) is 6.29 Å². The van der Waals surface area contributed by atoms with E-state index < -0.39 is 6.29 Å². The minimum atomic E-state index is -1.10. The van der Waals surface area contributed by atoms with Crippen LogP contribution in [0.4, 0.5) is 14.9 Å². The maximum Gasteiger partial charge on any atom is 0.322 e. The quantitative estimate of drug-likeness (QED) is 0.447. The van der Waals surface area contributed by atoms with E-state index in [-0.39, 0.29) is 24.6 Å². The molecule has 9 heteroatoms. The molecule has 0 spiro atoms. The Morgan fingerprint density at radius 2 is 2.15 bits per heavy atom. The van der Waals surface area contributed by atoms with E-state index in [1.165, 1.54) is 30.6 Å². The molecular formula is C25H27FN2O5S. The monoisotopic (exact) mass is 486 g/mol. The first kappa shape index (κ1) is 24.2. The molecule has 180 valence electrons. The molecule has 0 bridgehead atoms. The number of hydrogen-bond acceptors (Lipinski definition) is 6. The lowest BCUT2D eigenvalue weighted by Gasteiger charge is -2.21. The van der Waals surface area contributed by atoms with Gasteiger partial charge in [-0.3, -0.25) is 0 Å². The van der Waals surface area contributed by atoms with Gasteiger partial charge in [-0.2, -0.15) is 0 Å². The van der Waals surface area contributed by atoms with Gasteiger partial charge in [0.1, 0.15) is 18.2 Å². The predicted octanol–water partition coefficient (Wildman–Crippen LogP) is 5.23. The molecule has 0 fully saturated rings. The largest absolute Gasteiger partial charge is 0.491 e. The molecule has 2 N–H and O–H groups in total. The standard InChI is InChI=1S/C25H27FN2O5S/c1-16(33-15-17-4-3-5-20(26)12-17)18-6-7-22-19(13-18)14-28(9-10-32-22)25(30)27-21-8-11-34-23(21)24(29)31-2/h3-8,11-13,16,24,29H,9-10,14-15H2,1-2H3,(H,27,30). The van der Waals surface area contributed by atoms with Crippen molar-refractivity contribution in [2.75, 3.05) is 25.6 Å². The van der Waals surface area contributed by atoms with Crippen LogP contribution in [0.1, 0.15) is 40.9 Å². The first-order chi connectivity index (χ1) is 16.4. The minimum absolute atomic E-state index is 0.233. The Hall–Kier alpha value is -2.98. The number of urea groups is 1. The fraction of sp³-hybridized carbons (Fsp3) is 0.320. The fourth-order valence-electron chi connectivity index (χ4n) is 3.70. The molecule has 2 unspecified atom stereocenters. The van der Waals surface area contributed by atoms with Crippen molar-refractivity contribution in [1.29, 1.82) is 0 Å². The number of carbonyl (C=O) groups excluding carboxylic acids is 1. The highest BCUT2D eigenvalue weighted by Crippen LogP contribution is 2.31. The lowest BCUT2D eigenvalue weighted by Crippen LogP contribution is -2.36. The highest BCUT2D eigenvalue weighted by atomic mass is 32.1. The molecule has 1 aliphatic heterocycles. The van der Waals surface area contributed by atoms with Crippen LogP contribution in [0.2, 0.25) is 0 Å². The van der Waals surface area contributed by atoms with E-state index in [1.807, 2.05) is 31.2 Å². The minimum Gasteiger partial charge on any atom is -0.491 e. The van der Waals surface area contributed by atoms with Gasteiger partial charge in [-0.1, -0.05) is 18.2 Å². The van der Waals surface area contributed by atoms with Gasteiger partial charge in [0.2, 0.25) is 0 Å². The number of hydrogen-bond donors (Lipinski definition) is 2. The number of ether oxygens (including phenoxy) is 3. The van der Waals surface area contributed by atoms with Crippen LogP contribution < -0.4 is 10.1 Å². The summed E-state index contributed by atoms with van der Waals surface area (Å²) in [6.45, 7) is 3.36. The molecule has 2 aromatic carbocycles. The summed E-state index contributed by atoms with van der Waals surface area (Å²) in [4.78, 5) is 15.2. The number of thiophene rings is 1. The Bertz CT molecular complexity index is 1140. The summed E-state index contributed by atoms with van der Waals surface area (Å²) in [5.41, 5.74) is 3.08. The molecule has 2 amide bonds. The van der Waals surface area contributed by atoms with Crippen LogP contribution in [-0.4, -0.2) is 36.3 Å². The summed E-state index contributed by atoms with van der Waals surface area (Å²) in [6, 6.07) is 13.6. The molecule has 4 rings (SSSR count). The normalized spacial score (nSPS) is 15.1. The van der Waals surface area contributed by atoms with Crippen LogP contribution >= 0.6 is 11.3 Å². The zero-order chi connectivity index (χ0) is 24.1. The molecule has 3 aromatic rings. The number of fused-ring (bicyclic) bond motifs is 1. The average molecular weight is 487 g/mol. The summed E-state index contributed by atoms with van der Waals surface area (Å²) in [6.07, 6.45) is -1.33. The lowest BCUT2D eigenvalue weighted by molar-refractivity contribution is -0.0738. The number of aliphatic hydroxyl groups is 1. The number of nitrogens with one attached hydrogen (secondary N) is 1. The van der Waals surface area contributed by atoms with E-state index in [0.29, 0.717) is 30.3 Å². The number of amides is 2. The van der Waals surface area contributed by atoms with E-state index in [9.17, 15) is 14.3 Å². The van der Waals surface area contributed by atoms with E-state index in [0.717, 1.165) is 22.4 Å². The maximum atomic E-state index is 13.4. The Morgan fingerprint density at radius 1 is 1.29 bits per heavy atom. The fourth-order valence-corrected chi connectivity index (χ4v) is 4.51. The van der Waals surface area contributed by atoms with Gasteiger partial charge in [-0.05, 0) is 53.8 Å². The van der Waals surface area contributed by atoms with E-state index >= 15 is 0 Å². The lowest BCUT2D eigenvalue weighted by atomic mass is 10.1. The highest BCUT2D eigenvalue weighted by molar-refractivity contribution is 7.10. The first-order valence-electron chi connectivity index (χ1n) is 10.9. The van der Waals surface area contributed by atoms with Crippen molar-refractivity contribution in [2.45, 2.75) is 32.5 Å². The zero-order valence-corrected chi connectivity index (χ0v) is 19.8. The third-order valence-electron chi connectivity index (χ3n) is 5.59. The van der Waals surface area contributed by atoms with E-state index in [4.69, 9.17) is 14.2 Å². The van der Waals surface area contributed by atoms with E-state index in [1.54, 1.807) is 22.4 Å². The summed E-state index contributed by atoms with van der Waals surface area (Å²) in [5, 5.41) is 14.6. The Morgan fingerprint density at radius 3 is 2.94 bits per heavy atom. The number of nitrogens with zero attached hydrogens (tertiary/aromatic N) is 1. The topological polar surface area (TPSA) is 80.3 Å². The number of carbonyl (C=O) groups is 1. The number of anilines is 1. The molecule has 0 radical (unpaired) electrons. The van der Waals surface area contributed by atoms with Crippen LogP contribution in [0.5, 0.6) is 5.75 Å². The first-order valence-corrected chi connectivity index (χ1v) is 11.8. The molecule has 2 heterocycles. The van der Waals surface area contributed by atoms with Crippen molar-refractivity contribution in [3.63, 3.8) is 0 Å². The van der Waals surface area contributed by atoms with Crippen LogP contribution in [0.3, 0.4) is 0 Å². The number of aliphatic hydroxyl groups excluding tert-OH is 1. The van der Waals surface area contributed by atoms with Crippen molar-refractivity contribution in [3.05, 3.63) is 81.3 Å². The van der Waals surface area contributed by atoms with Crippen molar-refractivity contribution >= 4 is 23.1 Å². The smallest absolute Gasteiger partial charge is 0.322 e. The third kappa shape index (κ3) is 5.74. The van der Waals surface area contributed by atoms with Gasteiger partial charge in [0.25, 0.3) is 0 Å². The van der Waals surface area contributed by atoms with Crippen molar-refractivity contribution < 1.29 is 28.5 Å². The number of methoxy groups -OCH3 is 1. The van der Waals surface area contributed by atoms with Gasteiger partial charge in [0, 0.05) is 12.7 Å². The molecule has 7 nitrogen and oxygen atoms in total. The van der Waals surface area contributed by atoms with Crippen LogP contribution in [0.15, 0.2) is 53.9 Å². The second-order valence-electron chi connectivity index (χ2n) is 7.94. The predicted molar refractivity (Wildman–Crippen MR) is 127 cm³/mol. The maximum absolute atomic E-state index is 13.4. The Kier molecular flexibility index (Phi) is 7.79. The molecule has 0 saturated carbocycles. The summed E-state index contributed by atoms with van der Waals surface area (Å²) in [7, 11) is 1.40. The third-order valence-corrected chi connectivity index (χ3v) is 6.54. The summed E-state index contributed by atoms with van der Waals surface area (Å²) in [5.74, 6) is 0.433. The van der Waals surface area contributed by atoms with Crippen LogP contribution in [-0.2, 0) is 22.6 Å². The molecular weight excluding hydrogens is 459 g/mol. The summed E-state index contributed by atoms with van der Waals surface area (Å²) >= 11 is 1.30. The number of rotatable bonds is 7. The molecule has 1 aliphatic rings. The van der Waals surface area contributed by atoms with Gasteiger partial charge < -0.3 is 29.5 Å². The van der Waals surface area contributed by atoms with Gasteiger partial charge in [-0.25, -0.2) is 9.18 Å². The van der Waals surface area contributed by atoms with Crippen molar-refractivity contribution in [2.24, 2.45) is 0 Å². The Labute approximate surface area is 201 Å². The van der Waals surface area contributed by atoms with Gasteiger partial charge in [0.05, 0.1) is 36.4 Å². The SMILES string of the molecule is COC(O)c1sccc1NC(=O)N1CCOc2ccc(C(C)OCc3cccc(F)c3)cc2C1. The number of halogens is 1. The summed E-state index contributed by atoms with van der Waals surface area (Å²) < 4.78 is 30.2. The van der Waals surface area contributed by atoms with E-state index in [2.05, 4.69) is 5.32 Å². The zero-order valence-electron chi connectivity index (χ0n) is 19.0. The second kappa shape index (κ2) is 11.0. The molecule has 2 atom stereocenters. The van der Waals surface area contributed by atoms with Gasteiger partial charge >= 0.3 is 6.03 Å². The number of benzene rings is 2. The van der Waals surface area contributed by atoms with Crippen LogP contribution in [0, 0.1) is 5.82 Å². The molecule has 0 aliphatic carbocycles.